The van der Waals surface area contributed by atoms with Crippen LogP contribution < -0.4 is 4.72 Å². The first kappa shape index (κ1) is 19.4. The molecule has 7 nitrogen and oxygen atoms in total. The van der Waals surface area contributed by atoms with Gasteiger partial charge >= 0.3 is 0 Å². The summed E-state index contributed by atoms with van der Waals surface area (Å²) >= 11 is 0. The van der Waals surface area contributed by atoms with Crippen molar-refractivity contribution in [3.8, 4) is 11.4 Å². The van der Waals surface area contributed by atoms with E-state index in [4.69, 9.17) is 4.52 Å². The Morgan fingerprint density at radius 1 is 1.00 bits per heavy atom. The fraction of sp³-hybridized carbons (Fsp3) is 0.409. The van der Waals surface area contributed by atoms with Crippen molar-refractivity contribution in [2.75, 3.05) is 0 Å². The number of sulfonamides is 1. The van der Waals surface area contributed by atoms with Gasteiger partial charge < -0.3 is 4.52 Å². The van der Waals surface area contributed by atoms with Gasteiger partial charge in [0.2, 0.25) is 21.7 Å². The zero-order valence-electron chi connectivity index (χ0n) is 16.6. The van der Waals surface area contributed by atoms with E-state index in [-0.39, 0.29) is 10.9 Å². The molecular formula is C22H24N4O3S. The zero-order valence-corrected chi connectivity index (χ0v) is 17.4. The van der Waals surface area contributed by atoms with Crippen molar-refractivity contribution in [2.45, 2.75) is 61.3 Å². The monoisotopic (exact) mass is 424 g/mol. The van der Waals surface area contributed by atoms with Gasteiger partial charge in [0, 0.05) is 29.9 Å². The van der Waals surface area contributed by atoms with Crippen molar-refractivity contribution in [3.05, 3.63) is 60.2 Å². The van der Waals surface area contributed by atoms with E-state index in [1.54, 1.807) is 30.5 Å². The molecule has 2 atom stereocenters. The van der Waals surface area contributed by atoms with Gasteiger partial charge in [-0.2, -0.15) is 4.98 Å². The summed E-state index contributed by atoms with van der Waals surface area (Å²) in [6.45, 7) is 0. The third kappa shape index (κ3) is 4.15. The van der Waals surface area contributed by atoms with Gasteiger partial charge in [-0.15, -0.1) is 0 Å². The lowest BCUT2D eigenvalue weighted by atomic mass is 9.82. The van der Waals surface area contributed by atoms with Crippen LogP contribution in [0.1, 0.15) is 61.8 Å². The fourth-order valence-electron chi connectivity index (χ4n) is 4.14. The van der Waals surface area contributed by atoms with Crippen molar-refractivity contribution in [2.24, 2.45) is 0 Å². The highest BCUT2D eigenvalue weighted by Crippen LogP contribution is 2.39. The van der Waals surface area contributed by atoms with E-state index in [0.29, 0.717) is 23.6 Å². The number of aromatic nitrogens is 3. The Balaban J connectivity index is 1.27. The predicted molar refractivity (Wildman–Crippen MR) is 111 cm³/mol. The number of nitrogens with one attached hydrogen (secondary N) is 1. The van der Waals surface area contributed by atoms with Crippen LogP contribution in [0, 0.1) is 0 Å². The standard InChI is InChI=1S/C22H24N4O3S/c27-30(28,26-19-5-1-3-17(13-19)18-4-2-12-23-14-18)20-10-8-15(9-11-20)21-24-22(29-25-21)16-6-7-16/h2,4,8-12,14,16-17,19,26H,1,3,5-7,13H2/t17-,19+/m1/s1. The maximum atomic E-state index is 12.9. The Morgan fingerprint density at radius 3 is 2.57 bits per heavy atom. The summed E-state index contributed by atoms with van der Waals surface area (Å²) in [6.07, 6.45) is 9.51. The van der Waals surface area contributed by atoms with Gasteiger partial charge in [0.15, 0.2) is 0 Å². The van der Waals surface area contributed by atoms with Crippen LogP contribution in [-0.2, 0) is 10.0 Å². The molecule has 156 valence electrons. The molecule has 0 unspecified atom stereocenters. The second kappa shape index (κ2) is 7.92. The van der Waals surface area contributed by atoms with E-state index in [1.165, 1.54) is 5.56 Å². The number of hydrogen-bond donors (Lipinski definition) is 1. The number of nitrogens with zero attached hydrogens (tertiary/aromatic N) is 3. The van der Waals surface area contributed by atoms with E-state index in [0.717, 1.165) is 44.1 Å². The smallest absolute Gasteiger partial charge is 0.240 e. The summed E-state index contributed by atoms with van der Waals surface area (Å²) in [6, 6.07) is 10.6. The van der Waals surface area contributed by atoms with E-state index >= 15 is 0 Å². The molecule has 1 N–H and O–H groups in total. The second-order valence-electron chi connectivity index (χ2n) is 8.22. The van der Waals surface area contributed by atoms with Gasteiger partial charge in [0.1, 0.15) is 0 Å². The SMILES string of the molecule is O=S(=O)(N[C@H]1CCC[C@@H](c2cccnc2)C1)c1ccc(-c2noc(C3CC3)n2)cc1. The minimum absolute atomic E-state index is 0.0769. The summed E-state index contributed by atoms with van der Waals surface area (Å²) in [7, 11) is -3.59. The van der Waals surface area contributed by atoms with Crippen molar-refractivity contribution < 1.29 is 12.9 Å². The van der Waals surface area contributed by atoms with E-state index < -0.39 is 10.0 Å². The molecule has 0 radical (unpaired) electrons. The average Bonchev–Trinajstić information content (AvgIpc) is 3.51. The van der Waals surface area contributed by atoms with Gasteiger partial charge in [-0.25, -0.2) is 13.1 Å². The van der Waals surface area contributed by atoms with Gasteiger partial charge in [-0.05, 0) is 73.9 Å². The van der Waals surface area contributed by atoms with Gasteiger partial charge in [0.25, 0.3) is 0 Å². The van der Waals surface area contributed by atoms with Crippen LogP contribution in [-0.4, -0.2) is 29.6 Å². The molecule has 2 fully saturated rings. The highest BCUT2D eigenvalue weighted by Gasteiger charge is 2.30. The van der Waals surface area contributed by atoms with Crippen molar-refractivity contribution in [1.29, 1.82) is 0 Å². The van der Waals surface area contributed by atoms with Crippen molar-refractivity contribution in [1.82, 2.24) is 19.8 Å². The number of hydrogen-bond acceptors (Lipinski definition) is 6. The second-order valence-corrected chi connectivity index (χ2v) is 9.94. The number of rotatable bonds is 6. The highest BCUT2D eigenvalue weighted by atomic mass is 32.2. The maximum Gasteiger partial charge on any atom is 0.240 e. The predicted octanol–water partition coefficient (Wildman–Crippen LogP) is 4.01. The molecule has 2 aromatic heterocycles. The largest absolute Gasteiger partial charge is 0.339 e. The lowest BCUT2D eigenvalue weighted by Gasteiger charge is -2.29. The Hall–Kier alpha value is -2.58. The quantitative estimate of drug-likeness (QED) is 0.642. The van der Waals surface area contributed by atoms with Crippen LogP contribution in [0.5, 0.6) is 0 Å². The highest BCUT2D eigenvalue weighted by molar-refractivity contribution is 7.89. The van der Waals surface area contributed by atoms with Crippen LogP contribution in [0.25, 0.3) is 11.4 Å². The molecule has 0 amide bonds. The Bertz CT molecular complexity index is 1110. The molecule has 0 aliphatic heterocycles. The minimum atomic E-state index is -3.59. The molecule has 2 aliphatic carbocycles. The minimum Gasteiger partial charge on any atom is -0.339 e. The van der Waals surface area contributed by atoms with Crippen LogP contribution in [0.2, 0.25) is 0 Å². The summed E-state index contributed by atoms with van der Waals surface area (Å²) < 4.78 is 34.0. The number of pyridine rings is 1. The van der Waals surface area contributed by atoms with Crippen LogP contribution in [0.3, 0.4) is 0 Å². The normalized spacial score (nSPS) is 22.1. The molecule has 0 saturated heterocycles. The van der Waals surface area contributed by atoms with Crippen LogP contribution >= 0.6 is 0 Å². The fourth-order valence-corrected chi connectivity index (χ4v) is 5.42. The molecule has 2 saturated carbocycles. The zero-order chi connectivity index (χ0) is 20.6. The molecule has 1 aromatic carbocycles. The van der Waals surface area contributed by atoms with Gasteiger partial charge in [-0.3, -0.25) is 4.98 Å². The lowest BCUT2D eigenvalue weighted by molar-refractivity contribution is 0.371. The lowest BCUT2D eigenvalue weighted by Crippen LogP contribution is -2.37. The number of benzene rings is 1. The average molecular weight is 425 g/mol. The third-order valence-electron chi connectivity index (χ3n) is 5.94. The summed E-state index contributed by atoms with van der Waals surface area (Å²) in [5.41, 5.74) is 1.93. The van der Waals surface area contributed by atoms with Crippen LogP contribution in [0.15, 0.2) is 58.2 Å². The molecule has 30 heavy (non-hydrogen) atoms. The first-order valence-electron chi connectivity index (χ1n) is 10.4. The van der Waals surface area contributed by atoms with E-state index in [9.17, 15) is 8.42 Å². The van der Waals surface area contributed by atoms with Crippen molar-refractivity contribution >= 4 is 10.0 Å². The van der Waals surface area contributed by atoms with Crippen molar-refractivity contribution in [3.63, 3.8) is 0 Å². The molecule has 8 heteroatoms. The van der Waals surface area contributed by atoms with Crippen LogP contribution in [0.4, 0.5) is 0 Å². The Kier molecular flexibility index (Phi) is 5.12. The molecule has 2 aliphatic rings. The van der Waals surface area contributed by atoms with Gasteiger partial charge in [0.05, 0.1) is 4.90 Å². The third-order valence-corrected chi connectivity index (χ3v) is 7.48. The molecule has 0 bridgehead atoms. The topological polar surface area (TPSA) is 98.0 Å². The van der Waals surface area contributed by atoms with Gasteiger partial charge in [-0.1, -0.05) is 17.6 Å². The molecule has 0 spiro atoms. The molecule has 2 heterocycles. The first-order valence-corrected chi connectivity index (χ1v) is 11.9. The Labute approximate surface area is 176 Å². The summed E-state index contributed by atoms with van der Waals surface area (Å²) in [4.78, 5) is 8.87. The molecule has 3 aromatic rings. The Morgan fingerprint density at radius 2 is 1.83 bits per heavy atom. The summed E-state index contributed by atoms with van der Waals surface area (Å²) in [5.74, 6) is 1.90. The first-order chi connectivity index (χ1) is 14.6. The maximum absolute atomic E-state index is 12.9. The molecule has 5 rings (SSSR count). The van der Waals surface area contributed by atoms with E-state index in [1.807, 2.05) is 12.3 Å². The van der Waals surface area contributed by atoms with E-state index in [2.05, 4.69) is 25.9 Å². The molecular weight excluding hydrogens is 400 g/mol. The summed E-state index contributed by atoms with van der Waals surface area (Å²) in [5, 5.41) is 4.01.